The van der Waals surface area contributed by atoms with Crippen LogP contribution in [0.3, 0.4) is 0 Å². The number of nitrogens with zero attached hydrogens (tertiary/aromatic N) is 7. The summed E-state index contributed by atoms with van der Waals surface area (Å²) in [5.74, 6) is 2.05. The van der Waals surface area contributed by atoms with Crippen LogP contribution in [0, 0.1) is 0 Å². The van der Waals surface area contributed by atoms with Crippen LogP contribution in [-0.2, 0) is 0 Å². The van der Waals surface area contributed by atoms with Gasteiger partial charge in [-0.3, -0.25) is 0 Å². The molecule has 5 rings (SSSR count). The van der Waals surface area contributed by atoms with E-state index in [1.807, 2.05) is 29.2 Å². The minimum absolute atomic E-state index is 0.193. The standard InChI is InChI=1S/C21H27N7O/c1-25-10-12-26(13-11-25)19-3-2-16(14-23-19)18-15-24-28-20(4-7-22-21(18)28)27-8-5-17(29)6-9-27/h2-4,7,14-15,17,29H,5-6,8-13H2,1H3. The Morgan fingerprint density at radius 1 is 0.897 bits per heavy atom. The number of pyridine rings is 1. The number of anilines is 2. The molecule has 2 aliphatic rings. The zero-order valence-electron chi connectivity index (χ0n) is 16.8. The van der Waals surface area contributed by atoms with Gasteiger partial charge < -0.3 is 19.8 Å². The molecule has 29 heavy (non-hydrogen) atoms. The molecule has 2 saturated heterocycles. The van der Waals surface area contributed by atoms with Crippen LogP contribution in [0.2, 0.25) is 0 Å². The molecule has 0 spiro atoms. The Kier molecular flexibility index (Phi) is 4.81. The van der Waals surface area contributed by atoms with Crippen LogP contribution in [0.15, 0.2) is 36.8 Å². The second kappa shape index (κ2) is 7.61. The van der Waals surface area contributed by atoms with Crippen molar-refractivity contribution in [1.82, 2.24) is 24.5 Å². The van der Waals surface area contributed by atoms with Gasteiger partial charge in [-0.05, 0) is 38.1 Å². The lowest BCUT2D eigenvalue weighted by Gasteiger charge is -2.33. The molecule has 5 heterocycles. The van der Waals surface area contributed by atoms with Crippen molar-refractivity contribution >= 4 is 17.3 Å². The SMILES string of the molecule is CN1CCN(c2ccc(-c3cnn4c(N5CCC(O)CC5)ccnc34)cn2)CC1. The highest BCUT2D eigenvalue weighted by molar-refractivity contribution is 5.78. The molecule has 8 heteroatoms. The molecule has 3 aromatic heterocycles. The lowest BCUT2D eigenvalue weighted by Crippen LogP contribution is -2.44. The van der Waals surface area contributed by atoms with E-state index in [1.165, 1.54) is 0 Å². The molecular formula is C21H27N7O. The van der Waals surface area contributed by atoms with Gasteiger partial charge in [-0.15, -0.1) is 0 Å². The Labute approximate surface area is 170 Å². The normalized spacial score (nSPS) is 19.2. The van der Waals surface area contributed by atoms with Crippen molar-refractivity contribution in [3.05, 3.63) is 36.8 Å². The Hall–Kier alpha value is -2.71. The lowest BCUT2D eigenvalue weighted by atomic mass is 10.1. The average Bonchev–Trinajstić information content (AvgIpc) is 3.19. The number of hydrogen-bond acceptors (Lipinski definition) is 7. The zero-order chi connectivity index (χ0) is 19.8. The van der Waals surface area contributed by atoms with Gasteiger partial charge in [0.05, 0.1) is 12.3 Å². The molecule has 0 aliphatic carbocycles. The maximum Gasteiger partial charge on any atom is 0.165 e. The van der Waals surface area contributed by atoms with Gasteiger partial charge >= 0.3 is 0 Å². The molecule has 2 fully saturated rings. The summed E-state index contributed by atoms with van der Waals surface area (Å²) in [4.78, 5) is 16.3. The predicted molar refractivity (Wildman–Crippen MR) is 113 cm³/mol. The molecule has 1 N–H and O–H groups in total. The van der Waals surface area contributed by atoms with E-state index in [-0.39, 0.29) is 6.10 Å². The fourth-order valence-corrected chi connectivity index (χ4v) is 4.18. The summed E-state index contributed by atoms with van der Waals surface area (Å²) in [7, 11) is 2.16. The first-order chi connectivity index (χ1) is 14.2. The second-order valence-electron chi connectivity index (χ2n) is 8.01. The van der Waals surface area contributed by atoms with Crippen LogP contribution in [0.25, 0.3) is 16.8 Å². The van der Waals surface area contributed by atoms with E-state index in [0.29, 0.717) is 0 Å². The number of aliphatic hydroxyl groups excluding tert-OH is 1. The van der Waals surface area contributed by atoms with Crippen molar-refractivity contribution in [2.75, 3.05) is 56.1 Å². The third-order valence-electron chi connectivity index (χ3n) is 6.06. The quantitative estimate of drug-likeness (QED) is 0.723. The fraction of sp³-hybridized carbons (Fsp3) is 0.476. The Morgan fingerprint density at radius 3 is 2.41 bits per heavy atom. The molecule has 0 saturated carbocycles. The van der Waals surface area contributed by atoms with E-state index in [1.54, 1.807) is 0 Å². The van der Waals surface area contributed by atoms with Gasteiger partial charge in [0, 0.05) is 62.8 Å². The number of rotatable bonds is 3. The largest absolute Gasteiger partial charge is 0.393 e. The number of hydrogen-bond donors (Lipinski definition) is 1. The van der Waals surface area contributed by atoms with Crippen molar-refractivity contribution in [3.8, 4) is 11.1 Å². The second-order valence-corrected chi connectivity index (χ2v) is 8.01. The zero-order valence-corrected chi connectivity index (χ0v) is 16.8. The van der Waals surface area contributed by atoms with Crippen LogP contribution in [-0.4, -0.2) is 82.0 Å². The topological polar surface area (TPSA) is 73.0 Å². The van der Waals surface area contributed by atoms with Gasteiger partial charge in [0.15, 0.2) is 5.65 Å². The molecule has 2 aliphatic heterocycles. The summed E-state index contributed by atoms with van der Waals surface area (Å²) < 4.78 is 1.90. The monoisotopic (exact) mass is 393 g/mol. The van der Waals surface area contributed by atoms with Gasteiger partial charge in [0.25, 0.3) is 0 Å². The van der Waals surface area contributed by atoms with Crippen LogP contribution in [0.4, 0.5) is 11.6 Å². The first-order valence-electron chi connectivity index (χ1n) is 10.3. The number of piperazine rings is 1. The average molecular weight is 393 g/mol. The molecule has 0 atom stereocenters. The van der Waals surface area contributed by atoms with E-state index in [0.717, 1.165) is 80.5 Å². The number of aliphatic hydroxyl groups is 1. The fourth-order valence-electron chi connectivity index (χ4n) is 4.18. The summed E-state index contributed by atoms with van der Waals surface area (Å²) in [6.45, 7) is 5.81. The maximum atomic E-state index is 9.80. The molecule has 0 bridgehead atoms. The van der Waals surface area contributed by atoms with Crippen molar-refractivity contribution in [3.63, 3.8) is 0 Å². The van der Waals surface area contributed by atoms with Gasteiger partial charge in [-0.2, -0.15) is 9.61 Å². The lowest BCUT2D eigenvalue weighted by molar-refractivity contribution is 0.145. The van der Waals surface area contributed by atoms with Crippen LogP contribution in [0.1, 0.15) is 12.8 Å². The highest BCUT2D eigenvalue weighted by atomic mass is 16.3. The van der Waals surface area contributed by atoms with E-state index >= 15 is 0 Å². The minimum Gasteiger partial charge on any atom is -0.393 e. The van der Waals surface area contributed by atoms with Crippen molar-refractivity contribution < 1.29 is 5.11 Å². The number of aromatic nitrogens is 4. The van der Waals surface area contributed by atoms with Crippen molar-refractivity contribution in [1.29, 1.82) is 0 Å². The summed E-state index contributed by atoms with van der Waals surface area (Å²) in [6.07, 6.45) is 7.02. The van der Waals surface area contributed by atoms with Crippen LogP contribution >= 0.6 is 0 Å². The van der Waals surface area contributed by atoms with E-state index < -0.39 is 0 Å². The van der Waals surface area contributed by atoms with E-state index in [4.69, 9.17) is 4.98 Å². The van der Waals surface area contributed by atoms with E-state index in [2.05, 4.69) is 44.0 Å². The predicted octanol–water partition coefficient (Wildman–Crippen LogP) is 1.50. The maximum absolute atomic E-state index is 9.80. The summed E-state index contributed by atoms with van der Waals surface area (Å²) >= 11 is 0. The Balaban J connectivity index is 1.41. The Bertz CT molecular complexity index is 970. The molecule has 0 radical (unpaired) electrons. The minimum atomic E-state index is -0.193. The molecule has 0 amide bonds. The molecule has 152 valence electrons. The molecule has 8 nitrogen and oxygen atoms in total. The Morgan fingerprint density at radius 2 is 1.69 bits per heavy atom. The highest BCUT2D eigenvalue weighted by Gasteiger charge is 2.21. The van der Waals surface area contributed by atoms with Crippen LogP contribution < -0.4 is 9.80 Å². The summed E-state index contributed by atoms with van der Waals surface area (Å²) in [5.41, 5.74) is 2.85. The van der Waals surface area contributed by atoms with Gasteiger partial charge in [-0.25, -0.2) is 9.97 Å². The molecule has 0 unspecified atom stereocenters. The third-order valence-corrected chi connectivity index (χ3v) is 6.06. The van der Waals surface area contributed by atoms with Gasteiger partial charge in [0.1, 0.15) is 11.6 Å². The highest BCUT2D eigenvalue weighted by Crippen LogP contribution is 2.28. The van der Waals surface area contributed by atoms with Gasteiger partial charge in [0.2, 0.25) is 0 Å². The summed E-state index contributed by atoms with van der Waals surface area (Å²) in [5, 5.41) is 14.4. The molecule has 3 aromatic rings. The van der Waals surface area contributed by atoms with Crippen LogP contribution in [0.5, 0.6) is 0 Å². The van der Waals surface area contributed by atoms with E-state index in [9.17, 15) is 5.11 Å². The van der Waals surface area contributed by atoms with Crippen molar-refractivity contribution in [2.45, 2.75) is 18.9 Å². The first kappa shape index (κ1) is 18.3. The number of piperidine rings is 1. The van der Waals surface area contributed by atoms with Gasteiger partial charge in [-0.1, -0.05) is 0 Å². The molecular weight excluding hydrogens is 366 g/mol. The number of fused-ring (bicyclic) bond motifs is 1. The first-order valence-corrected chi connectivity index (χ1v) is 10.3. The molecule has 0 aromatic carbocycles. The number of likely N-dealkylation sites (N-methyl/N-ethyl adjacent to an activating group) is 1. The summed E-state index contributed by atoms with van der Waals surface area (Å²) in [6, 6.07) is 6.21. The third kappa shape index (κ3) is 3.54. The van der Waals surface area contributed by atoms with Crippen molar-refractivity contribution in [2.24, 2.45) is 0 Å². The smallest absolute Gasteiger partial charge is 0.165 e.